The van der Waals surface area contributed by atoms with Crippen molar-refractivity contribution in [3.63, 3.8) is 0 Å². The molecule has 4 nitrogen and oxygen atoms in total. The van der Waals surface area contributed by atoms with Gasteiger partial charge in [-0.25, -0.2) is 0 Å². The number of furan rings is 3. The second-order valence-corrected chi connectivity index (χ2v) is 16.8. The summed E-state index contributed by atoms with van der Waals surface area (Å²) in [5.41, 5.74) is 7.50. The van der Waals surface area contributed by atoms with Gasteiger partial charge >= 0.3 is 0 Å². The fraction of sp³-hybridized carbons (Fsp3) is 0.0357. The summed E-state index contributed by atoms with van der Waals surface area (Å²) >= 11 is 0. The molecule has 10 rings (SSSR count). The molecule has 0 aliphatic rings. The van der Waals surface area contributed by atoms with Crippen LogP contribution in [0, 0.1) is 24.7 Å². The van der Waals surface area contributed by atoms with Crippen LogP contribution in [0.3, 0.4) is 0 Å². The summed E-state index contributed by atoms with van der Waals surface area (Å²) in [4.78, 5) is 1.68. The van der Waals surface area contributed by atoms with Gasteiger partial charge in [0.05, 0.1) is 0 Å². The Labute approximate surface area is 419 Å². The van der Waals surface area contributed by atoms with Crippen molar-refractivity contribution in [1.29, 1.82) is 0 Å². The maximum atomic E-state index is 7.14. The van der Waals surface area contributed by atoms with E-state index in [0.29, 0.717) is 66.9 Å². The van der Waals surface area contributed by atoms with Gasteiger partial charge in [0.2, 0.25) is 0 Å². The lowest BCUT2D eigenvalue weighted by Crippen LogP contribution is -2.49. The minimum atomic E-state index is -0.205. The minimum Gasteiger partial charge on any atom is -0.456 e. The van der Waals surface area contributed by atoms with Crippen molar-refractivity contribution in [1.82, 2.24) is 0 Å². The van der Waals surface area contributed by atoms with Crippen molar-refractivity contribution >= 4 is 183 Å². The number of benzene rings is 7. The van der Waals surface area contributed by atoms with Crippen LogP contribution >= 0.6 is 0 Å². The molecule has 10 aromatic rings. The zero-order valence-electron chi connectivity index (χ0n) is 37.6. The third-order valence-corrected chi connectivity index (χ3v) is 12.8. The highest BCUT2D eigenvalue weighted by molar-refractivity contribution is 6.63. The Kier molecular flexibility index (Phi) is 12.2. The molecule has 0 unspecified atom stereocenters. The smallest absolute Gasteiger partial charge is 0.136 e. The SMILES string of the molecule is [B]/C(CN(C/C([B])=C([B])\C(=C(\[B])C#C)c1cccc2oc3ccccc3c12)c1c([B])c([B])c(-c2cccc3oc4ccccc4c23)c([B])c1[B])=C([B])/C(=C(/[B])C#C)c1cccc2oc3ccccc3c12. The highest BCUT2D eigenvalue weighted by Gasteiger charge is 2.25. The number of anilines is 1. The molecule has 20 radical (unpaired) electrons. The van der Waals surface area contributed by atoms with Gasteiger partial charge in [0, 0.05) is 51.1 Å². The largest absolute Gasteiger partial charge is 0.456 e. The summed E-state index contributed by atoms with van der Waals surface area (Å²) in [6.07, 6.45) is 12.0. The fourth-order valence-electron chi connectivity index (χ4n) is 9.53. The molecule has 0 spiro atoms. The van der Waals surface area contributed by atoms with Gasteiger partial charge in [-0.05, 0) is 80.7 Å². The summed E-state index contributed by atoms with van der Waals surface area (Å²) in [5.74, 6) is 5.12. The number of hydrogen-bond acceptors (Lipinski definition) is 4. The van der Waals surface area contributed by atoms with E-state index in [0.717, 1.165) is 32.3 Å². The summed E-state index contributed by atoms with van der Waals surface area (Å²) in [7, 11) is 70.2. The lowest BCUT2D eigenvalue weighted by atomic mass is 9.64. The Balaban J connectivity index is 1.17. The first-order valence-electron chi connectivity index (χ1n) is 22.0. The molecule has 0 aliphatic heterocycles. The lowest BCUT2D eigenvalue weighted by molar-refractivity contribution is 0.668. The molecule has 0 saturated carbocycles. The van der Waals surface area contributed by atoms with E-state index in [1.165, 1.54) is 0 Å². The molecule has 0 aliphatic carbocycles. The van der Waals surface area contributed by atoms with Crippen LogP contribution in [-0.4, -0.2) is 91.6 Å². The molecule has 0 amide bonds. The quantitative estimate of drug-likeness (QED) is 0.0889. The van der Waals surface area contributed by atoms with Gasteiger partial charge in [0.25, 0.3) is 0 Å². The Morgan fingerprint density at radius 3 is 1.20 bits per heavy atom. The molecular weight excluding hydrogens is 843 g/mol. The standard InChI is InChI=1S/C56H27B10NO3/c1-3-34(57)47(31-17-11-23-41-44(31)28-14-5-8-20-38(28)68-41)50(61)36(59)26-67(27-37(60)51(62)48(35(58)4-2)32-18-12-24-42-45(32)29-15-6-9-21-39(29)69-42)56-54(65)52(63)49(53(64)55(56)66)33-19-13-25-43-46(33)30-16-7-10-22-40(30)70-43/h1-2,5-25H,26-27H2/b47-34+,48-35+,50-36-,51-37-. The second-order valence-electron chi connectivity index (χ2n) is 16.8. The zero-order chi connectivity index (χ0) is 49.1. The molecule has 0 atom stereocenters. The average molecular weight is 870 g/mol. The van der Waals surface area contributed by atoms with Crippen LogP contribution in [0.2, 0.25) is 0 Å². The average Bonchev–Trinajstić information content (AvgIpc) is 4.08. The van der Waals surface area contributed by atoms with Gasteiger partial charge in [-0.3, -0.25) is 0 Å². The van der Waals surface area contributed by atoms with Crippen molar-refractivity contribution in [2.24, 2.45) is 0 Å². The van der Waals surface area contributed by atoms with Crippen molar-refractivity contribution in [2.45, 2.75) is 0 Å². The van der Waals surface area contributed by atoms with Gasteiger partial charge in [-0.1, -0.05) is 136 Å². The molecule has 7 aromatic carbocycles. The van der Waals surface area contributed by atoms with E-state index in [2.05, 4.69) is 11.8 Å². The van der Waals surface area contributed by atoms with Crippen molar-refractivity contribution in [3.05, 3.63) is 171 Å². The van der Waals surface area contributed by atoms with Gasteiger partial charge in [0.15, 0.2) is 0 Å². The normalized spacial score (nSPS) is 13.3. The van der Waals surface area contributed by atoms with Crippen LogP contribution in [0.5, 0.6) is 0 Å². The molecule has 70 heavy (non-hydrogen) atoms. The summed E-state index contributed by atoms with van der Waals surface area (Å²) < 4.78 is 18.6. The number of fused-ring (bicyclic) bond motifs is 9. The number of terminal acetylenes is 2. The first-order chi connectivity index (χ1) is 33.8. The Bertz CT molecular complexity index is 3860. The van der Waals surface area contributed by atoms with E-state index in [1.807, 2.05) is 127 Å². The van der Waals surface area contributed by atoms with Crippen molar-refractivity contribution in [2.75, 3.05) is 18.0 Å². The van der Waals surface area contributed by atoms with Crippen LogP contribution in [0.25, 0.3) is 88.1 Å². The summed E-state index contributed by atoms with van der Waals surface area (Å²) in [6.45, 7) is -0.410. The highest BCUT2D eigenvalue weighted by atomic mass is 16.3. The van der Waals surface area contributed by atoms with Gasteiger partial charge < -0.3 is 18.2 Å². The zero-order valence-corrected chi connectivity index (χ0v) is 37.6. The number of para-hydroxylation sites is 3. The molecule has 304 valence electrons. The van der Waals surface area contributed by atoms with Crippen LogP contribution in [0.1, 0.15) is 11.1 Å². The van der Waals surface area contributed by atoms with Crippen LogP contribution < -0.4 is 26.8 Å². The molecule has 0 N–H and O–H groups in total. The lowest BCUT2D eigenvalue weighted by Gasteiger charge is -2.35. The maximum absolute atomic E-state index is 7.14. The van der Waals surface area contributed by atoms with E-state index in [1.54, 1.807) is 4.90 Å². The summed E-state index contributed by atoms with van der Waals surface area (Å²) in [6, 6.07) is 39.4. The van der Waals surface area contributed by atoms with Gasteiger partial charge in [-0.15, -0.1) is 23.8 Å². The molecule has 3 heterocycles. The molecular formula is C56H27B10NO3. The Morgan fingerprint density at radius 1 is 0.429 bits per heavy atom. The van der Waals surface area contributed by atoms with E-state index in [4.69, 9.17) is 105 Å². The van der Waals surface area contributed by atoms with E-state index < -0.39 is 0 Å². The summed E-state index contributed by atoms with van der Waals surface area (Å²) in [5, 5.41) is 4.72. The molecule has 3 aromatic heterocycles. The number of nitrogens with zero attached hydrogens (tertiary/aromatic N) is 1. The second kappa shape index (κ2) is 18.4. The van der Waals surface area contributed by atoms with Crippen LogP contribution in [-0.2, 0) is 0 Å². The minimum absolute atomic E-state index is 0.0201. The van der Waals surface area contributed by atoms with Crippen LogP contribution in [0.4, 0.5) is 5.69 Å². The predicted molar refractivity (Wildman–Crippen MR) is 300 cm³/mol. The predicted octanol–water partition coefficient (Wildman–Crippen LogP) is 6.56. The van der Waals surface area contributed by atoms with Crippen molar-refractivity contribution < 1.29 is 13.3 Å². The Hall–Kier alpha value is -7.53. The van der Waals surface area contributed by atoms with E-state index >= 15 is 0 Å². The van der Waals surface area contributed by atoms with Crippen molar-refractivity contribution in [3.8, 4) is 35.8 Å². The first-order valence-corrected chi connectivity index (χ1v) is 22.0. The Morgan fingerprint density at radius 2 is 0.786 bits per heavy atom. The topological polar surface area (TPSA) is 42.7 Å². The number of hydrogen-bond donors (Lipinski definition) is 0. The molecule has 0 saturated heterocycles. The van der Waals surface area contributed by atoms with Gasteiger partial charge in [0.1, 0.15) is 112 Å². The number of rotatable bonds is 10. The third kappa shape index (κ3) is 7.63. The maximum Gasteiger partial charge on any atom is 0.136 e. The van der Waals surface area contributed by atoms with Crippen LogP contribution in [0.15, 0.2) is 173 Å². The first kappa shape index (κ1) is 46.2. The fourth-order valence-corrected chi connectivity index (χ4v) is 9.53. The molecule has 14 heteroatoms. The van der Waals surface area contributed by atoms with E-state index in [-0.39, 0.29) is 73.5 Å². The van der Waals surface area contributed by atoms with E-state index in [9.17, 15) is 0 Å². The highest BCUT2D eigenvalue weighted by Crippen LogP contribution is 2.40. The number of allylic oxidation sites excluding steroid dienone is 6. The molecule has 0 fully saturated rings. The molecule has 0 bridgehead atoms. The van der Waals surface area contributed by atoms with Gasteiger partial charge in [-0.2, -0.15) is 0 Å². The monoisotopic (exact) mass is 871 g/mol. The third-order valence-electron chi connectivity index (χ3n) is 12.8.